The summed E-state index contributed by atoms with van der Waals surface area (Å²) >= 11 is 0. The van der Waals surface area contributed by atoms with E-state index < -0.39 is 17.6 Å². The SMILES string of the molecule is CC(Oc1ccccc1)C(=O)N1CCC(Cc2n[nH]c(=O)n2-c2ccccc2F)CC1. The number of nitrogens with one attached hydrogen (secondary N) is 1. The molecule has 0 spiro atoms. The molecule has 2 aromatic carbocycles. The number of aromatic nitrogens is 3. The molecule has 1 fully saturated rings. The monoisotopic (exact) mass is 424 g/mol. The zero-order chi connectivity index (χ0) is 21.8. The minimum absolute atomic E-state index is 0.0367. The van der Waals surface area contributed by atoms with Crippen molar-refractivity contribution in [3.05, 3.63) is 76.7 Å². The number of benzene rings is 2. The second-order valence-electron chi connectivity index (χ2n) is 7.78. The molecule has 0 saturated carbocycles. The zero-order valence-corrected chi connectivity index (χ0v) is 17.3. The third kappa shape index (κ3) is 4.68. The minimum atomic E-state index is -0.559. The number of halogens is 1. The number of carbonyl (C=O) groups is 1. The topological polar surface area (TPSA) is 80.2 Å². The number of carbonyl (C=O) groups excluding carboxylic acids is 1. The highest BCUT2D eigenvalue weighted by Crippen LogP contribution is 2.23. The lowest BCUT2D eigenvalue weighted by Gasteiger charge is -2.33. The molecule has 1 saturated heterocycles. The van der Waals surface area contributed by atoms with E-state index in [4.69, 9.17) is 4.74 Å². The van der Waals surface area contributed by atoms with Gasteiger partial charge in [0, 0.05) is 19.5 Å². The van der Waals surface area contributed by atoms with Gasteiger partial charge in [-0.15, -0.1) is 0 Å². The average molecular weight is 424 g/mol. The first-order chi connectivity index (χ1) is 15.0. The van der Waals surface area contributed by atoms with E-state index in [1.807, 2.05) is 35.2 Å². The largest absolute Gasteiger partial charge is 0.481 e. The van der Waals surface area contributed by atoms with Gasteiger partial charge in [-0.2, -0.15) is 5.10 Å². The Morgan fingerprint density at radius 3 is 2.55 bits per heavy atom. The molecule has 1 aliphatic rings. The number of aromatic amines is 1. The van der Waals surface area contributed by atoms with Gasteiger partial charge < -0.3 is 9.64 Å². The van der Waals surface area contributed by atoms with Crippen molar-refractivity contribution in [2.45, 2.75) is 32.3 Å². The Labute approximate surface area is 179 Å². The van der Waals surface area contributed by atoms with Crippen molar-refractivity contribution in [1.29, 1.82) is 0 Å². The van der Waals surface area contributed by atoms with Gasteiger partial charge in [-0.05, 0) is 49.9 Å². The predicted molar refractivity (Wildman–Crippen MR) is 114 cm³/mol. The van der Waals surface area contributed by atoms with Crippen LogP contribution in [-0.4, -0.2) is 44.8 Å². The van der Waals surface area contributed by atoms with Gasteiger partial charge in [0.15, 0.2) is 6.10 Å². The summed E-state index contributed by atoms with van der Waals surface area (Å²) < 4.78 is 21.3. The van der Waals surface area contributed by atoms with Crippen molar-refractivity contribution >= 4 is 5.91 Å². The van der Waals surface area contributed by atoms with Crippen LogP contribution in [0.2, 0.25) is 0 Å². The van der Waals surface area contributed by atoms with Gasteiger partial charge >= 0.3 is 5.69 Å². The van der Waals surface area contributed by atoms with Crippen LogP contribution in [0.4, 0.5) is 4.39 Å². The Bertz CT molecular complexity index is 1090. The number of amides is 1. The summed E-state index contributed by atoms with van der Waals surface area (Å²) in [5, 5.41) is 6.54. The maximum Gasteiger partial charge on any atom is 0.348 e. The van der Waals surface area contributed by atoms with E-state index >= 15 is 0 Å². The fraction of sp³-hybridized carbons (Fsp3) is 0.348. The molecule has 1 aliphatic heterocycles. The normalized spacial score (nSPS) is 15.6. The van der Waals surface area contributed by atoms with E-state index in [2.05, 4.69) is 10.2 Å². The quantitative estimate of drug-likeness (QED) is 0.660. The Kier molecular flexibility index (Phi) is 6.16. The molecule has 1 aromatic heterocycles. The average Bonchev–Trinajstić information content (AvgIpc) is 3.14. The molecule has 31 heavy (non-hydrogen) atoms. The number of hydrogen-bond donors (Lipinski definition) is 1. The Balaban J connectivity index is 1.37. The first-order valence-electron chi connectivity index (χ1n) is 10.4. The Morgan fingerprint density at radius 2 is 1.84 bits per heavy atom. The molecule has 0 aliphatic carbocycles. The number of likely N-dealkylation sites (tertiary alicyclic amines) is 1. The van der Waals surface area contributed by atoms with Crippen LogP contribution in [0.5, 0.6) is 5.75 Å². The van der Waals surface area contributed by atoms with Gasteiger partial charge in [-0.1, -0.05) is 30.3 Å². The van der Waals surface area contributed by atoms with Gasteiger partial charge in [-0.25, -0.2) is 18.9 Å². The van der Waals surface area contributed by atoms with Crippen molar-refractivity contribution in [3.8, 4) is 11.4 Å². The summed E-state index contributed by atoms with van der Waals surface area (Å²) in [7, 11) is 0. The summed E-state index contributed by atoms with van der Waals surface area (Å²) in [6, 6.07) is 15.4. The Hall–Kier alpha value is -3.42. The summed E-state index contributed by atoms with van der Waals surface area (Å²) in [6.45, 7) is 2.99. The maximum atomic E-state index is 14.2. The van der Waals surface area contributed by atoms with Crippen molar-refractivity contribution < 1.29 is 13.9 Å². The van der Waals surface area contributed by atoms with Crippen molar-refractivity contribution in [3.63, 3.8) is 0 Å². The van der Waals surface area contributed by atoms with Crippen molar-refractivity contribution in [2.24, 2.45) is 5.92 Å². The first kappa shape index (κ1) is 20.8. The molecule has 162 valence electrons. The van der Waals surface area contributed by atoms with Crippen LogP contribution in [0.1, 0.15) is 25.6 Å². The highest BCUT2D eigenvalue weighted by atomic mass is 19.1. The molecular weight excluding hydrogens is 399 g/mol. The lowest BCUT2D eigenvalue weighted by atomic mass is 9.93. The van der Waals surface area contributed by atoms with Crippen molar-refractivity contribution in [2.75, 3.05) is 13.1 Å². The summed E-state index contributed by atoms with van der Waals surface area (Å²) in [5.41, 5.74) is -0.268. The summed E-state index contributed by atoms with van der Waals surface area (Å²) in [5.74, 6) is 0.907. The van der Waals surface area contributed by atoms with Crippen LogP contribution >= 0.6 is 0 Å². The lowest BCUT2D eigenvalue weighted by Crippen LogP contribution is -2.45. The molecule has 1 amide bonds. The molecule has 1 atom stereocenters. The smallest absolute Gasteiger partial charge is 0.348 e. The van der Waals surface area contributed by atoms with Gasteiger partial charge in [-0.3, -0.25) is 4.79 Å². The first-order valence-corrected chi connectivity index (χ1v) is 10.4. The third-order valence-corrected chi connectivity index (χ3v) is 5.64. The second-order valence-corrected chi connectivity index (χ2v) is 7.78. The highest BCUT2D eigenvalue weighted by Gasteiger charge is 2.28. The highest BCUT2D eigenvalue weighted by molar-refractivity contribution is 5.81. The lowest BCUT2D eigenvalue weighted by molar-refractivity contribution is -0.139. The minimum Gasteiger partial charge on any atom is -0.481 e. The van der Waals surface area contributed by atoms with E-state index in [1.54, 1.807) is 25.1 Å². The molecule has 0 radical (unpaired) electrons. The van der Waals surface area contributed by atoms with Crippen molar-refractivity contribution in [1.82, 2.24) is 19.7 Å². The van der Waals surface area contributed by atoms with Crippen LogP contribution in [0.25, 0.3) is 5.69 Å². The van der Waals surface area contributed by atoms with Crippen LogP contribution in [0.3, 0.4) is 0 Å². The molecule has 4 rings (SSSR count). The third-order valence-electron chi connectivity index (χ3n) is 5.64. The van der Waals surface area contributed by atoms with E-state index in [0.29, 0.717) is 31.1 Å². The molecule has 8 heteroatoms. The number of H-pyrrole nitrogens is 1. The molecular formula is C23H25FN4O3. The second kappa shape index (κ2) is 9.16. The molecule has 3 aromatic rings. The summed E-state index contributed by atoms with van der Waals surface area (Å²) in [4.78, 5) is 26.8. The van der Waals surface area contributed by atoms with E-state index in [1.165, 1.54) is 10.6 Å². The number of piperidine rings is 1. The number of hydrogen-bond acceptors (Lipinski definition) is 4. The van der Waals surface area contributed by atoms with Gasteiger partial charge in [0.25, 0.3) is 5.91 Å². The van der Waals surface area contributed by atoms with Crippen LogP contribution < -0.4 is 10.4 Å². The molecule has 7 nitrogen and oxygen atoms in total. The number of ether oxygens (including phenoxy) is 1. The maximum absolute atomic E-state index is 14.2. The molecule has 2 heterocycles. The number of rotatable bonds is 6. The van der Waals surface area contributed by atoms with Gasteiger partial charge in [0.05, 0.1) is 5.69 Å². The number of para-hydroxylation sites is 2. The van der Waals surface area contributed by atoms with Gasteiger partial charge in [0.1, 0.15) is 17.4 Å². The molecule has 1 unspecified atom stereocenters. The molecule has 1 N–H and O–H groups in total. The molecule has 0 bridgehead atoms. The zero-order valence-electron chi connectivity index (χ0n) is 17.3. The fourth-order valence-electron chi connectivity index (χ4n) is 3.97. The van der Waals surface area contributed by atoms with Crippen LogP contribution in [0, 0.1) is 11.7 Å². The fourth-order valence-corrected chi connectivity index (χ4v) is 3.97. The predicted octanol–water partition coefficient (Wildman–Crippen LogP) is 2.95. The van der Waals surface area contributed by atoms with E-state index in [0.717, 1.165) is 12.8 Å². The van der Waals surface area contributed by atoms with Crippen LogP contribution in [-0.2, 0) is 11.2 Å². The standard InChI is InChI=1S/C23H25FN4O3/c1-16(31-18-7-3-2-4-8-18)22(29)27-13-11-17(12-14-27)15-21-25-26-23(30)28(21)20-10-6-5-9-19(20)24/h2-10,16-17H,11-15H2,1H3,(H,26,30). The number of nitrogens with zero attached hydrogens (tertiary/aromatic N) is 3. The van der Waals surface area contributed by atoms with Gasteiger partial charge in [0.2, 0.25) is 0 Å². The van der Waals surface area contributed by atoms with E-state index in [-0.39, 0.29) is 17.5 Å². The Morgan fingerprint density at radius 1 is 1.16 bits per heavy atom. The summed E-state index contributed by atoms with van der Waals surface area (Å²) in [6.07, 6.45) is 1.53. The van der Waals surface area contributed by atoms with E-state index in [9.17, 15) is 14.0 Å². The van der Waals surface area contributed by atoms with Crippen LogP contribution in [0.15, 0.2) is 59.4 Å².